The molecule has 1 saturated carbocycles. The molecular weight excluding hydrogens is 434 g/mol. The predicted molar refractivity (Wildman–Crippen MR) is 137 cm³/mol. The van der Waals surface area contributed by atoms with Crippen molar-refractivity contribution in [3.63, 3.8) is 0 Å². The van der Waals surface area contributed by atoms with E-state index in [-0.39, 0.29) is 0 Å². The summed E-state index contributed by atoms with van der Waals surface area (Å²) in [6.07, 6.45) is 6.32. The number of pyridine rings is 1. The molecule has 2 N–H and O–H groups in total. The molecule has 2 fully saturated rings. The summed E-state index contributed by atoms with van der Waals surface area (Å²) < 4.78 is 0. The Hall–Kier alpha value is -2.64. The fourth-order valence-corrected chi connectivity index (χ4v) is 5.08. The average molecular weight is 466 g/mol. The second-order valence-corrected chi connectivity index (χ2v) is 9.79. The standard InChI is InChI=1S/C25H32ClN7/c1-17-14-24(33-12-10-32(2)11-13-33)31-25(28-17)30-20-5-3-4-19(16-20)29-22-8-9-27-23-15-18(26)6-7-21(22)23/h6-9,14-15,19-20H,3-5,10-13,16H2,1-2H3,(H,27,29)(H,28,30,31). The van der Waals surface area contributed by atoms with Crippen molar-refractivity contribution < 1.29 is 0 Å². The van der Waals surface area contributed by atoms with Crippen molar-refractivity contribution in [2.75, 3.05) is 48.8 Å². The lowest BCUT2D eigenvalue weighted by Gasteiger charge is -2.34. The number of hydrogen-bond acceptors (Lipinski definition) is 7. The van der Waals surface area contributed by atoms with Crippen LogP contribution in [0.4, 0.5) is 17.5 Å². The van der Waals surface area contributed by atoms with Gasteiger partial charge in [-0.05, 0) is 63.9 Å². The van der Waals surface area contributed by atoms with Crippen molar-refractivity contribution in [2.45, 2.75) is 44.7 Å². The van der Waals surface area contributed by atoms with Crippen LogP contribution in [-0.2, 0) is 0 Å². The number of anilines is 3. The van der Waals surface area contributed by atoms with Gasteiger partial charge in [0.05, 0.1) is 5.52 Å². The van der Waals surface area contributed by atoms with E-state index in [1.165, 1.54) is 6.42 Å². The first-order valence-corrected chi connectivity index (χ1v) is 12.3. The predicted octanol–water partition coefficient (Wildman–Crippen LogP) is 4.57. The summed E-state index contributed by atoms with van der Waals surface area (Å²) in [5.41, 5.74) is 3.04. The van der Waals surface area contributed by atoms with Gasteiger partial charge in [-0.1, -0.05) is 11.6 Å². The number of benzene rings is 1. The van der Waals surface area contributed by atoms with Crippen LogP contribution >= 0.6 is 11.6 Å². The third-order valence-corrected chi connectivity index (χ3v) is 6.97. The van der Waals surface area contributed by atoms with E-state index < -0.39 is 0 Å². The third-order valence-electron chi connectivity index (χ3n) is 6.74. The molecule has 3 heterocycles. The van der Waals surface area contributed by atoms with Crippen molar-refractivity contribution in [3.8, 4) is 0 Å². The third kappa shape index (κ3) is 5.31. The largest absolute Gasteiger partial charge is 0.382 e. The maximum atomic E-state index is 6.15. The van der Waals surface area contributed by atoms with Gasteiger partial charge >= 0.3 is 0 Å². The van der Waals surface area contributed by atoms with Crippen LogP contribution in [0, 0.1) is 6.92 Å². The monoisotopic (exact) mass is 465 g/mol. The van der Waals surface area contributed by atoms with E-state index in [1.54, 1.807) is 0 Å². The van der Waals surface area contributed by atoms with E-state index in [4.69, 9.17) is 21.6 Å². The van der Waals surface area contributed by atoms with Gasteiger partial charge < -0.3 is 20.4 Å². The smallest absolute Gasteiger partial charge is 0.225 e. The zero-order valence-corrected chi connectivity index (χ0v) is 20.1. The Labute approximate surface area is 200 Å². The molecule has 3 aromatic rings. The molecule has 0 spiro atoms. The SMILES string of the molecule is Cc1cc(N2CCN(C)CC2)nc(NC2CCCC(Nc3ccnc4cc(Cl)ccc34)C2)n1. The highest BCUT2D eigenvalue weighted by Gasteiger charge is 2.24. The zero-order chi connectivity index (χ0) is 22.8. The number of aryl methyl sites for hydroxylation is 1. The van der Waals surface area contributed by atoms with Gasteiger partial charge in [0.2, 0.25) is 5.95 Å². The van der Waals surface area contributed by atoms with E-state index in [0.29, 0.717) is 17.1 Å². The van der Waals surface area contributed by atoms with Crippen molar-refractivity contribution >= 4 is 40.0 Å². The van der Waals surface area contributed by atoms with E-state index in [0.717, 1.165) is 79.5 Å². The highest BCUT2D eigenvalue weighted by atomic mass is 35.5. The molecule has 7 nitrogen and oxygen atoms in total. The molecule has 0 bridgehead atoms. The number of piperazine rings is 1. The van der Waals surface area contributed by atoms with E-state index in [1.807, 2.05) is 24.4 Å². The first kappa shape index (κ1) is 22.2. The normalized spacial score (nSPS) is 21.8. The Balaban J connectivity index is 1.26. The van der Waals surface area contributed by atoms with Crippen molar-refractivity contribution in [2.24, 2.45) is 0 Å². The minimum Gasteiger partial charge on any atom is -0.382 e. The van der Waals surface area contributed by atoms with Crippen molar-refractivity contribution in [1.82, 2.24) is 19.9 Å². The van der Waals surface area contributed by atoms with E-state index in [2.05, 4.69) is 51.5 Å². The maximum absolute atomic E-state index is 6.15. The Morgan fingerprint density at radius 1 is 0.970 bits per heavy atom. The van der Waals surface area contributed by atoms with Crippen LogP contribution in [0.25, 0.3) is 10.9 Å². The lowest BCUT2D eigenvalue weighted by atomic mass is 9.90. The van der Waals surface area contributed by atoms with Crippen molar-refractivity contribution in [3.05, 3.63) is 47.2 Å². The molecular formula is C25H32ClN7. The fraction of sp³-hybridized carbons (Fsp3) is 0.480. The molecule has 1 aliphatic heterocycles. The Morgan fingerprint density at radius 3 is 2.58 bits per heavy atom. The Morgan fingerprint density at radius 2 is 1.76 bits per heavy atom. The summed E-state index contributed by atoms with van der Waals surface area (Å²) in [5.74, 6) is 1.78. The summed E-state index contributed by atoms with van der Waals surface area (Å²) >= 11 is 6.15. The number of likely N-dealkylation sites (N-methyl/N-ethyl adjacent to an activating group) is 1. The van der Waals surface area contributed by atoms with Crippen LogP contribution in [0.1, 0.15) is 31.4 Å². The van der Waals surface area contributed by atoms with Crippen LogP contribution < -0.4 is 15.5 Å². The summed E-state index contributed by atoms with van der Waals surface area (Å²) in [5, 5.41) is 9.22. The van der Waals surface area contributed by atoms with Gasteiger partial charge in [-0.25, -0.2) is 4.98 Å². The summed E-state index contributed by atoms with van der Waals surface area (Å²) in [4.78, 5) is 18.8. The Kier molecular flexibility index (Phi) is 6.51. The fourth-order valence-electron chi connectivity index (χ4n) is 4.92. The molecule has 0 radical (unpaired) electrons. The van der Waals surface area contributed by atoms with Gasteiger partial charge in [-0.2, -0.15) is 4.98 Å². The second-order valence-electron chi connectivity index (χ2n) is 9.35. The molecule has 1 aromatic carbocycles. The van der Waals surface area contributed by atoms with E-state index >= 15 is 0 Å². The highest BCUT2D eigenvalue weighted by molar-refractivity contribution is 6.31. The number of aromatic nitrogens is 3. The molecule has 2 unspecified atom stereocenters. The van der Waals surface area contributed by atoms with Crippen LogP contribution in [0.15, 0.2) is 36.5 Å². The first-order chi connectivity index (χ1) is 16.0. The zero-order valence-electron chi connectivity index (χ0n) is 19.4. The molecule has 33 heavy (non-hydrogen) atoms. The molecule has 174 valence electrons. The number of hydrogen-bond donors (Lipinski definition) is 2. The lowest BCUT2D eigenvalue weighted by molar-refractivity contribution is 0.312. The van der Waals surface area contributed by atoms with Gasteiger partial charge in [0.1, 0.15) is 5.82 Å². The molecule has 5 rings (SSSR count). The van der Waals surface area contributed by atoms with Gasteiger partial charge in [-0.3, -0.25) is 4.98 Å². The van der Waals surface area contributed by atoms with Crippen LogP contribution in [0.3, 0.4) is 0 Å². The summed E-state index contributed by atoms with van der Waals surface area (Å²) in [6.45, 7) is 6.20. The van der Waals surface area contributed by atoms with Crippen LogP contribution in [0.5, 0.6) is 0 Å². The minimum absolute atomic E-state index is 0.348. The topological polar surface area (TPSA) is 69.2 Å². The number of nitrogens with one attached hydrogen (secondary N) is 2. The van der Waals surface area contributed by atoms with Gasteiger partial charge in [0.25, 0.3) is 0 Å². The van der Waals surface area contributed by atoms with Crippen molar-refractivity contribution in [1.29, 1.82) is 0 Å². The first-order valence-electron chi connectivity index (χ1n) is 11.9. The van der Waals surface area contributed by atoms with Crippen LogP contribution in [0.2, 0.25) is 5.02 Å². The molecule has 2 aromatic heterocycles. The average Bonchev–Trinajstić information content (AvgIpc) is 2.79. The Bertz CT molecular complexity index is 1110. The van der Waals surface area contributed by atoms with E-state index in [9.17, 15) is 0 Å². The number of nitrogens with zero attached hydrogens (tertiary/aromatic N) is 5. The quantitative estimate of drug-likeness (QED) is 0.571. The molecule has 1 aliphatic carbocycles. The summed E-state index contributed by atoms with van der Waals surface area (Å²) in [6, 6.07) is 10.8. The van der Waals surface area contributed by atoms with Gasteiger partial charge in [0, 0.05) is 72.3 Å². The molecule has 2 atom stereocenters. The summed E-state index contributed by atoms with van der Waals surface area (Å²) in [7, 11) is 2.17. The number of halogens is 1. The van der Waals surface area contributed by atoms with Gasteiger partial charge in [0.15, 0.2) is 0 Å². The lowest BCUT2D eigenvalue weighted by Crippen LogP contribution is -2.45. The highest BCUT2D eigenvalue weighted by Crippen LogP contribution is 2.29. The molecule has 2 aliphatic rings. The number of rotatable bonds is 5. The maximum Gasteiger partial charge on any atom is 0.225 e. The molecule has 1 saturated heterocycles. The van der Waals surface area contributed by atoms with Crippen LogP contribution in [-0.4, -0.2) is 65.2 Å². The molecule has 8 heteroatoms. The van der Waals surface area contributed by atoms with Gasteiger partial charge in [-0.15, -0.1) is 0 Å². The minimum atomic E-state index is 0.348. The number of fused-ring (bicyclic) bond motifs is 1. The second kappa shape index (κ2) is 9.69. The molecule has 0 amide bonds.